The molecule has 6 nitrogen and oxygen atoms in total. The molecule has 3 rings (SSSR count). The summed E-state index contributed by atoms with van der Waals surface area (Å²) in [6, 6.07) is 8.53. The van der Waals surface area contributed by atoms with Gasteiger partial charge < -0.3 is 18.8 Å². The Kier molecular flexibility index (Phi) is 9.39. The molecule has 0 spiro atoms. The summed E-state index contributed by atoms with van der Waals surface area (Å²) in [5, 5.41) is 0. The third-order valence-electron chi connectivity index (χ3n) is 5.48. The van der Waals surface area contributed by atoms with Crippen molar-refractivity contribution in [3.05, 3.63) is 63.6 Å². The second-order valence-corrected chi connectivity index (χ2v) is 9.58. The summed E-state index contributed by atoms with van der Waals surface area (Å²) < 4.78 is 48.5. The van der Waals surface area contributed by atoms with Crippen molar-refractivity contribution in [2.75, 3.05) is 0 Å². The van der Waals surface area contributed by atoms with E-state index >= 15 is 0 Å². The lowest BCUT2D eigenvalue weighted by Gasteiger charge is -2.32. The number of benzene rings is 2. The fourth-order valence-electron chi connectivity index (χ4n) is 2.91. The molecule has 1 saturated heterocycles. The molecule has 0 aromatic heterocycles. The smallest absolute Gasteiger partial charge is 0.461 e. The van der Waals surface area contributed by atoms with E-state index in [1.165, 1.54) is 38.1 Å². The molecule has 0 radical (unpaired) electrons. The normalized spacial score (nSPS) is 15.9. The summed E-state index contributed by atoms with van der Waals surface area (Å²) in [7, 11) is -0.610. The van der Waals surface area contributed by atoms with E-state index in [1.54, 1.807) is 12.1 Å². The van der Waals surface area contributed by atoms with E-state index in [0.29, 0.717) is 16.6 Å². The lowest BCUT2D eigenvalue weighted by molar-refractivity contribution is -0.143. The Morgan fingerprint density at radius 3 is 1.79 bits per heavy atom. The first-order valence-electron chi connectivity index (χ1n) is 10.6. The second kappa shape index (κ2) is 11.4. The molecular weight excluding hydrogens is 513 g/mol. The zero-order valence-corrected chi connectivity index (χ0v) is 21.6. The largest absolute Gasteiger partial charge is 0.495 e. The van der Waals surface area contributed by atoms with Gasteiger partial charge in [-0.3, -0.25) is 9.59 Å². The molecule has 10 heteroatoms. The maximum absolute atomic E-state index is 13.4. The molecular formula is C24H28BBrF2O6. The molecule has 1 aliphatic heterocycles. The van der Waals surface area contributed by atoms with Gasteiger partial charge in [-0.15, -0.1) is 0 Å². The van der Waals surface area contributed by atoms with Crippen LogP contribution in [0.15, 0.2) is 40.9 Å². The van der Waals surface area contributed by atoms with Gasteiger partial charge >= 0.3 is 19.1 Å². The zero-order valence-electron chi connectivity index (χ0n) is 20.0. The molecule has 0 saturated carbocycles. The van der Waals surface area contributed by atoms with Gasteiger partial charge in [-0.1, -0.05) is 22.0 Å². The van der Waals surface area contributed by atoms with Crippen molar-refractivity contribution in [1.29, 1.82) is 0 Å². The summed E-state index contributed by atoms with van der Waals surface area (Å²) >= 11 is 3.22. The van der Waals surface area contributed by atoms with Crippen LogP contribution in [0.1, 0.15) is 52.7 Å². The number of rotatable bonds is 5. The van der Waals surface area contributed by atoms with Crippen LogP contribution >= 0.6 is 15.9 Å². The maximum Gasteiger partial charge on any atom is 0.495 e. The van der Waals surface area contributed by atoms with Crippen molar-refractivity contribution < 1.29 is 37.2 Å². The third kappa shape index (κ3) is 7.61. The Morgan fingerprint density at radius 2 is 1.29 bits per heavy atom. The summed E-state index contributed by atoms with van der Waals surface area (Å²) in [5.74, 6) is -1.53. The number of hydrogen-bond donors (Lipinski definition) is 0. The molecule has 1 aliphatic rings. The van der Waals surface area contributed by atoms with Crippen molar-refractivity contribution >= 4 is 40.4 Å². The zero-order chi connectivity index (χ0) is 25.7. The topological polar surface area (TPSA) is 71.1 Å². The average molecular weight is 541 g/mol. The SMILES string of the molecule is CC(=O)OCc1cc(F)ccc1B1OC(C)(C)C(C)(C)O1.CC(=O)OCc1cc(F)ccc1Br. The molecule has 2 aromatic rings. The Morgan fingerprint density at radius 1 is 0.853 bits per heavy atom. The monoisotopic (exact) mass is 540 g/mol. The van der Waals surface area contributed by atoms with Gasteiger partial charge in [0.2, 0.25) is 0 Å². The summed E-state index contributed by atoms with van der Waals surface area (Å²) in [6.07, 6.45) is 0. The van der Waals surface area contributed by atoms with Gasteiger partial charge in [0.15, 0.2) is 0 Å². The van der Waals surface area contributed by atoms with E-state index in [1.807, 2.05) is 27.7 Å². The van der Waals surface area contributed by atoms with Gasteiger partial charge in [-0.2, -0.15) is 0 Å². The molecule has 1 fully saturated rings. The van der Waals surface area contributed by atoms with Crippen LogP contribution in [-0.4, -0.2) is 30.3 Å². The molecule has 34 heavy (non-hydrogen) atoms. The van der Waals surface area contributed by atoms with E-state index < -0.39 is 30.1 Å². The van der Waals surface area contributed by atoms with E-state index in [4.69, 9.17) is 18.8 Å². The molecule has 0 aliphatic carbocycles. The average Bonchev–Trinajstić information content (AvgIpc) is 2.94. The number of hydrogen-bond acceptors (Lipinski definition) is 6. The van der Waals surface area contributed by atoms with Gasteiger partial charge in [0.25, 0.3) is 0 Å². The van der Waals surface area contributed by atoms with Crippen molar-refractivity contribution in [3.63, 3.8) is 0 Å². The first kappa shape index (κ1) is 27.9. The van der Waals surface area contributed by atoms with Crippen molar-refractivity contribution in [2.45, 2.75) is 66.0 Å². The van der Waals surface area contributed by atoms with Gasteiger partial charge in [-0.05, 0) is 69.1 Å². The second-order valence-electron chi connectivity index (χ2n) is 8.73. The number of ether oxygens (including phenoxy) is 2. The summed E-state index contributed by atoms with van der Waals surface area (Å²) in [6.45, 7) is 10.5. The van der Waals surface area contributed by atoms with Crippen LogP contribution in [-0.2, 0) is 41.6 Å². The fourth-order valence-corrected chi connectivity index (χ4v) is 3.27. The highest BCUT2D eigenvalue weighted by Gasteiger charge is 2.52. The maximum atomic E-state index is 13.4. The summed E-state index contributed by atoms with van der Waals surface area (Å²) in [4.78, 5) is 21.4. The van der Waals surface area contributed by atoms with Gasteiger partial charge in [-0.25, -0.2) is 8.78 Å². The van der Waals surface area contributed by atoms with Crippen LogP contribution in [0.4, 0.5) is 8.78 Å². The summed E-state index contributed by atoms with van der Waals surface area (Å²) in [5.41, 5.74) is 0.880. The highest BCUT2D eigenvalue weighted by molar-refractivity contribution is 9.10. The van der Waals surface area contributed by atoms with Gasteiger partial charge in [0, 0.05) is 23.9 Å². The molecule has 0 N–H and O–H groups in total. The molecule has 1 heterocycles. The standard InChI is InChI=1S/C15H20BFO4.C9H8BrFO2/c1-10(18)19-9-11-8-12(17)6-7-13(11)16-20-14(2,3)15(4,5)21-16;1-6(12)13-5-7-4-8(11)2-3-9(7)10/h6-8H,9H2,1-5H3;2-4H,5H2,1H3. The molecule has 0 amide bonds. The molecule has 2 aromatic carbocycles. The Balaban J connectivity index is 0.000000270. The Hall–Kier alpha value is -2.30. The minimum absolute atomic E-state index is 0.00744. The lowest BCUT2D eigenvalue weighted by atomic mass is 9.76. The number of halogens is 3. The van der Waals surface area contributed by atoms with Crippen molar-refractivity contribution in [2.24, 2.45) is 0 Å². The van der Waals surface area contributed by atoms with E-state index in [2.05, 4.69) is 15.9 Å². The van der Waals surface area contributed by atoms with Crippen LogP contribution in [0, 0.1) is 11.6 Å². The van der Waals surface area contributed by atoms with E-state index in [9.17, 15) is 18.4 Å². The fraction of sp³-hybridized carbons (Fsp3) is 0.417. The predicted octanol–water partition coefficient (Wildman–Crippen LogP) is 4.84. The number of esters is 2. The van der Waals surface area contributed by atoms with E-state index in [-0.39, 0.29) is 25.0 Å². The van der Waals surface area contributed by atoms with Crippen LogP contribution < -0.4 is 5.46 Å². The van der Waals surface area contributed by atoms with Crippen LogP contribution in [0.25, 0.3) is 0 Å². The van der Waals surface area contributed by atoms with Crippen LogP contribution in [0.5, 0.6) is 0 Å². The van der Waals surface area contributed by atoms with Crippen LogP contribution in [0.3, 0.4) is 0 Å². The Labute approximate surface area is 207 Å². The minimum atomic E-state index is -0.610. The highest BCUT2D eigenvalue weighted by Crippen LogP contribution is 2.36. The predicted molar refractivity (Wildman–Crippen MR) is 127 cm³/mol. The highest BCUT2D eigenvalue weighted by atomic mass is 79.9. The minimum Gasteiger partial charge on any atom is -0.461 e. The number of carbonyl (C=O) groups excluding carboxylic acids is 2. The lowest BCUT2D eigenvalue weighted by Crippen LogP contribution is -2.41. The van der Waals surface area contributed by atoms with Crippen molar-refractivity contribution in [1.82, 2.24) is 0 Å². The van der Waals surface area contributed by atoms with Crippen molar-refractivity contribution in [3.8, 4) is 0 Å². The third-order valence-corrected chi connectivity index (χ3v) is 6.26. The van der Waals surface area contributed by atoms with E-state index in [0.717, 1.165) is 4.47 Å². The first-order chi connectivity index (χ1) is 15.7. The quantitative estimate of drug-likeness (QED) is 0.399. The molecule has 184 valence electrons. The molecule has 0 unspecified atom stereocenters. The van der Waals surface area contributed by atoms with Gasteiger partial charge in [0.1, 0.15) is 24.8 Å². The van der Waals surface area contributed by atoms with Crippen LogP contribution in [0.2, 0.25) is 0 Å². The Bertz CT molecular complexity index is 1030. The molecule has 0 bridgehead atoms. The van der Waals surface area contributed by atoms with Gasteiger partial charge in [0.05, 0.1) is 11.2 Å². The first-order valence-corrected chi connectivity index (χ1v) is 11.4. The number of carbonyl (C=O) groups is 2. The molecule has 0 atom stereocenters.